The number of amides is 1. The minimum atomic E-state index is -0.119. The first kappa shape index (κ1) is 15.8. The van der Waals surface area contributed by atoms with Crippen molar-refractivity contribution in [1.29, 1.82) is 0 Å². The molecule has 0 unspecified atom stereocenters. The maximum absolute atomic E-state index is 11.3. The van der Waals surface area contributed by atoms with E-state index in [1.807, 2.05) is 42.5 Å². The zero-order valence-electron chi connectivity index (χ0n) is 14.0. The fraction of sp³-hybridized carbons (Fsp3) is 0.0500. The van der Waals surface area contributed by atoms with Crippen LogP contribution < -0.4 is 5.32 Å². The molecule has 0 spiro atoms. The molecule has 0 aliphatic rings. The highest BCUT2D eigenvalue weighted by molar-refractivity contribution is 5.89. The third-order valence-electron chi connectivity index (χ3n) is 3.98. The number of aromatic nitrogens is 3. The molecule has 0 atom stereocenters. The molecule has 2 N–H and O–H groups in total. The average Bonchev–Trinajstić information content (AvgIpc) is 3.04. The largest absolute Gasteiger partial charge is 0.508 e. The molecule has 0 aliphatic carbocycles. The Kier molecular flexibility index (Phi) is 3.85. The monoisotopic (exact) mass is 344 g/mol. The number of hydrogen-bond acceptors (Lipinski definition) is 4. The van der Waals surface area contributed by atoms with Crippen LogP contribution in [0, 0.1) is 0 Å². The number of hydrogen-bond donors (Lipinski definition) is 2. The molecular weight excluding hydrogens is 328 g/mol. The Balaban J connectivity index is 1.81. The Hall–Kier alpha value is -3.67. The highest BCUT2D eigenvalue weighted by atomic mass is 16.3. The molecule has 0 radical (unpaired) electrons. The normalized spacial score (nSPS) is 10.8. The number of phenols is 1. The van der Waals surface area contributed by atoms with Crippen LogP contribution in [0.5, 0.6) is 5.75 Å². The van der Waals surface area contributed by atoms with E-state index in [4.69, 9.17) is 5.10 Å². The first-order valence-electron chi connectivity index (χ1n) is 8.12. The molecule has 0 saturated carbocycles. The Morgan fingerprint density at radius 2 is 1.85 bits per heavy atom. The van der Waals surface area contributed by atoms with Crippen molar-refractivity contribution >= 4 is 17.2 Å². The van der Waals surface area contributed by atoms with Crippen LogP contribution in [0.2, 0.25) is 0 Å². The van der Waals surface area contributed by atoms with Gasteiger partial charge in [-0.05, 0) is 36.4 Å². The molecule has 0 fully saturated rings. The van der Waals surface area contributed by atoms with Gasteiger partial charge in [-0.1, -0.05) is 24.3 Å². The molecule has 128 valence electrons. The van der Waals surface area contributed by atoms with Crippen LogP contribution in [0.25, 0.3) is 28.2 Å². The molecule has 2 aromatic carbocycles. The molecule has 6 nitrogen and oxygen atoms in total. The van der Waals surface area contributed by atoms with E-state index in [0.717, 1.165) is 28.2 Å². The van der Waals surface area contributed by atoms with E-state index < -0.39 is 0 Å². The van der Waals surface area contributed by atoms with Crippen molar-refractivity contribution in [3.8, 4) is 28.3 Å². The summed E-state index contributed by atoms with van der Waals surface area (Å²) in [6, 6.07) is 18.3. The van der Waals surface area contributed by atoms with Crippen LogP contribution in [0.4, 0.5) is 5.69 Å². The van der Waals surface area contributed by atoms with Crippen LogP contribution in [0.15, 0.2) is 66.9 Å². The van der Waals surface area contributed by atoms with Crippen LogP contribution >= 0.6 is 0 Å². The van der Waals surface area contributed by atoms with Gasteiger partial charge in [-0.2, -0.15) is 5.10 Å². The Bertz CT molecular complexity index is 1120. The summed E-state index contributed by atoms with van der Waals surface area (Å²) in [4.78, 5) is 15.6. The molecular formula is C20H16N4O2. The van der Waals surface area contributed by atoms with E-state index >= 15 is 0 Å². The van der Waals surface area contributed by atoms with E-state index in [0.29, 0.717) is 5.65 Å². The van der Waals surface area contributed by atoms with E-state index in [9.17, 15) is 9.90 Å². The van der Waals surface area contributed by atoms with E-state index in [1.165, 1.54) is 6.92 Å². The highest BCUT2D eigenvalue weighted by Gasteiger charge is 2.10. The predicted molar refractivity (Wildman–Crippen MR) is 99.8 cm³/mol. The summed E-state index contributed by atoms with van der Waals surface area (Å²) in [5, 5.41) is 17.2. The summed E-state index contributed by atoms with van der Waals surface area (Å²) in [6.45, 7) is 1.48. The van der Waals surface area contributed by atoms with Gasteiger partial charge in [0.15, 0.2) is 5.65 Å². The number of aromatic hydroxyl groups is 1. The van der Waals surface area contributed by atoms with Crippen molar-refractivity contribution in [2.75, 3.05) is 5.32 Å². The number of fused-ring (bicyclic) bond motifs is 1. The maximum Gasteiger partial charge on any atom is 0.221 e. The molecule has 1 amide bonds. The number of anilines is 1. The quantitative estimate of drug-likeness (QED) is 0.593. The predicted octanol–water partition coefficient (Wildman–Crippen LogP) is 3.73. The van der Waals surface area contributed by atoms with Gasteiger partial charge >= 0.3 is 0 Å². The summed E-state index contributed by atoms with van der Waals surface area (Å²) in [5.74, 6) is 0.0722. The SMILES string of the molecule is CC(=O)Nc1cccc(-c2ccc3ncc(-c4cccc(O)c4)n3n2)c1. The maximum atomic E-state index is 11.3. The number of nitrogens with zero attached hydrogens (tertiary/aromatic N) is 3. The Morgan fingerprint density at radius 1 is 1.04 bits per heavy atom. The highest BCUT2D eigenvalue weighted by Crippen LogP contribution is 2.26. The number of nitrogens with one attached hydrogen (secondary N) is 1. The van der Waals surface area contributed by atoms with Crippen LogP contribution in [0.3, 0.4) is 0 Å². The first-order valence-corrected chi connectivity index (χ1v) is 8.12. The third-order valence-corrected chi connectivity index (χ3v) is 3.98. The second-order valence-corrected chi connectivity index (χ2v) is 5.94. The lowest BCUT2D eigenvalue weighted by Crippen LogP contribution is -2.05. The van der Waals surface area contributed by atoms with Crippen molar-refractivity contribution in [2.45, 2.75) is 6.92 Å². The minimum Gasteiger partial charge on any atom is -0.508 e. The number of benzene rings is 2. The Labute approximate surface area is 149 Å². The summed E-state index contributed by atoms with van der Waals surface area (Å²) in [7, 11) is 0. The van der Waals surface area contributed by atoms with Gasteiger partial charge in [-0.25, -0.2) is 9.50 Å². The zero-order chi connectivity index (χ0) is 18.1. The van der Waals surface area contributed by atoms with Crippen LogP contribution in [-0.4, -0.2) is 25.6 Å². The standard InChI is InChI=1S/C20H16N4O2/c1-13(25)22-16-6-2-4-14(10-16)18-8-9-20-21-12-19(24(20)23-18)15-5-3-7-17(26)11-15/h2-12,26H,1H3,(H,22,25). The fourth-order valence-corrected chi connectivity index (χ4v) is 2.85. The zero-order valence-corrected chi connectivity index (χ0v) is 14.0. The van der Waals surface area contributed by atoms with Crippen molar-refractivity contribution in [3.05, 3.63) is 66.9 Å². The number of carbonyl (C=O) groups excluding carboxylic acids is 1. The molecule has 0 aliphatic heterocycles. The van der Waals surface area contributed by atoms with Gasteiger partial charge in [0, 0.05) is 23.7 Å². The number of phenolic OH excluding ortho intramolecular Hbond substituents is 1. The van der Waals surface area contributed by atoms with Gasteiger partial charge in [0.2, 0.25) is 5.91 Å². The summed E-state index contributed by atoms with van der Waals surface area (Å²) in [5.41, 5.74) is 4.68. The lowest BCUT2D eigenvalue weighted by atomic mass is 10.1. The number of rotatable bonds is 3. The van der Waals surface area contributed by atoms with Crippen molar-refractivity contribution in [1.82, 2.24) is 14.6 Å². The molecule has 2 aromatic heterocycles. The lowest BCUT2D eigenvalue weighted by Gasteiger charge is -2.07. The molecule has 2 heterocycles. The summed E-state index contributed by atoms with van der Waals surface area (Å²) >= 11 is 0. The second kappa shape index (κ2) is 6.33. The molecule has 0 bridgehead atoms. The smallest absolute Gasteiger partial charge is 0.221 e. The van der Waals surface area contributed by atoms with Crippen LogP contribution in [0.1, 0.15) is 6.92 Å². The average molecular weight is 344 g/mol. The second-order valence-electron chi connectivity index (χ2n) is 5.94. The van der Waals surface area contributed by atoms with Gasteiger partial charge in [0.1, 0.15) is 5.75 Å². The van der Waals surface area contributed by atoms with Gasteiger partial charge in [0.25, 0.3) is 0 Å². The van der Waals surface area contributed by atoms with E-state index in [-0.39, 0.29) is 11.7 Å². The fourth-order valence-electron chi connectivity index (χ4n) is 2.85. The van der Waals surface area contributed by atoms with E-state index in [2.05, 4.69) is 10.3 Å². The van der Waals surface area contributed by atoms with Gasteiger partial charge in [-0.15, -0.1) is 0 Å². The number of carbonyl (C=O) groups is 1. The Morgan fingerprint density at radius 3 is 2.65 bits per heavy atom. The molecule has 0 saturated heterocycles. The molecule has 4 rings (SSSR count). The van der Waals surface area contributed by atoms with E-state index in [1.54, 1.807) is 28.9 Å². The number of imidazole rings is 1. The van der Waals surface area contributed by atoms with Crippen molar-refractivity contribution < 1.29 is 9.90 Å². The van der Waals surface area contributed by atoms with Crippen molar-refractivity contribution in [2.24, 2.45) is 0 Å². The van der Waals surface area contributed by atoms with Crippen molar-refractivity contribution in [3.63, 3.8) is 0 Å². The summed E-state index contributed by atoms with van der Waals surface area (Å²) < 4.78 is 1.75. The minimum absolute atomic E-state index is 0.119. The first-order chi connectivity index (χ1) is 12.6. The lowest BCUT2D eigenvalue weighted by molar-refractivity contribution is -0.114. The molecule has 4 aromatic rings. The topological polar surface area (TPSA) is 79.5 Å². The van der Waals surface area contributed by atoms with Gasteiger partial charge < -0.3 is 10.4 Å². The van der Waals surface area contributed by atoms with Gasteiger partial charge in [0.05, 0.1) is 17.6 Å². The van der Waals surface area contributed by atoms with Gasteiger partial charge in [-0.3, -0.25) is 4.79 Å². The third kappa shape index (κ3) is 3.00. The molecule has 6 heteroatoms. The molecule has 26 heavy (non-hydrogen) atoms. The van der Waals surface area contributed by atoms with Crippen LogP contribution in [-0.2, 0) is 4.79 Å². The summed E-state index contributed by atoms with van der Waals surface area (Å²) in [6.07, 6.45) is 1.73.